The highest BCUT2D eigenvalue weighted by molar-refractivity contribution is 7.07. The Bertz CT molecular complexity index is 479. The van der Waals surface area contributed by atoms with E-state index < -0.39 is 0 Å². The summed E-state index contributed by atoms with van der Waals surface area (Å²) >= 11 is 1.59. The average molecular weight is 247 g/mol. The Morgan fingerprint density at radius 3 is 2.88 bits per heavy atom. The Labute approximate surface area is 106 Å². The standard InChI is InChI=1S/C13H17N3S/c1-9-3-4-10(2)11(5-9)6-12(16-14)13-7-17-8-15-13/h3-5,7-8,12,16H,6,14H2,1-2H3. The molecule has 1 aromatic heterocycles. The van der Waals surface area contributed by atoms with Crippen LogP contribution in [0.1, 0.15) is 28.4 Å². The Morgan fingerprint density at radius 2 is 2.24 bits per heavy atom. The lowest BCUT2D eigenvalue weighted by atomic mass is 9.98. The number of aryl methyl sites for hydroxylation is 2. The fraction of sp³-hybridized carbons (Fsp3) is 0.308. The molecule has 4 heteroatoms. The van der Waals surface area contributed by atoms with E-state index in [0.717, 1.165) is 12.1 Å². The highest BCUT2D eigenvalue weighted by Crippen LogP contribution is 2.20. The van der Waals surface area contributed by atoms with Crippen LogP contribution in [0.15, 0.2) is 29.1 Å². The zero-order valence-electron chi connectivity index (χ0n) is 10.1. The quantitative estimate of drug-likeness (QED) is 0.644. The van der Waals surface area contributed by atoms with Crippen LogP contribution in [0.5, 0.6) is 0 Å². The second kappa shape index (κ2) is 5.40. The van der Waals surface area contributed by atoms with E-state index in [1.165, 1.54) is 16.7 Å². The Kier molecular flexibility index (Phi) is 3.89. The average Bonchev–Trinajstić information content (AvgIpc) is 2.84. The number of hydrogen-bond acceptors (Lipinski definition) is 4. The first-order valence-electron chi connectivity index (χ1n) is 5.61. The summed E-state index contributed by atoms with van der Waals surface area (Å²) in [6, 6.07) is 6.58. The molecular weight excluding hydrogens is 230 g/mol. The summed E-state index contributed by atoms with van der Waals surface area (Å²) in [7, 11) is 0. The van der Waals surface area contributed by atoms with Crippen LogP contribution in [0.3, 0.4) is 0 Å². The number of hydrazine groups is 1. The molecule has 3 N–H and O–H groups in total. The van der Waals surface area contributed by atoms with Crippen molar-refractivity contribution in [3.8, 4) is 0 Å². The summed E-state index contributed by atoms with van der Waals surface area (Å²) < 4.78 is 0. The van der Waals surface area contributed by atoms with E-state index >= 15 is 0 Å². The summed E-state index contributed by atoms with van der Waals surface area (Å²) in [5.41, 5.74) is 9.59. The molecule has 0 saturated heterocycles. The number of nitrogens with zero attached hydrogens (tertiary/aromatic N) is 1. The lowest BCUT2D eigenvalue weighted by molar-refractivity contribution is 0.540. The van der Waals surface area contributed by atoms with Gasteiger partial charge in [-0.3, -0.25) is 11.3 Å². The van der Waals surface area contributed by atoms with Gasteiger partial charge in [0.25, 0.3) is 0 Å². The van der Waals surface area contributed by atoms with E-state index in [4.69, 9.17) is 5.84 Å². The van der Waals surface area contributed by atoms with Gasteiger partial charge in [0.1, 0.15) is 0 Å². The number of rotatable bonds is 4. The third-order valence-corrected chi connectivity index (χ3v) is 3.54. The third-order valence-electron chi connectivity index (χ3n) is 2.94. The van der Waals surface area contributed by atoms with Gasteiger partial charge in [-0.2, -0.15) is 0 Å². The summed E-state index contributed by atoms with van der Waals surface area (Å²) in [6.45, 7) is 4.24. The predicted octanol–water partition coefficient (Wildman–Crippen LogP) is 2.51. The third kappa shape index (κ3) is 2.91. The Balaban J connectivity index is 2.21. The van der Waals surface area contributed by atoms with Crippen molar-refractivity contribution in [2.75, 3.05) is 0 Å². The molecule has 0 aliphatic carbocycles. The number of nitrogens with one attached hydrogen (secondary N) is 1. The molecule has 0 aliphatic heterocycles. The second-order valence-electron chi connectivity index (χ2n) is 4.27. The smallest absolute Gasteiger partial charge is 0.0795 e. The molecule has 3 nitrogen and oxygen atoms in total. The Morgan fingerprint density at radius 1 is 1.41 bits per heavy atom. The van der Waals surface area contributed by atoms with Crippen molar-refractivity contribution in [1.29, 1.82) is 0 Å². The van der Waals surface area contributed by atoms with Crippen molar-refractivity contribution in [2.45, 2.75) is 26.3 Å². The highest BCUT2D eigenvalue weighted by atomic mass is 32.1. The zero-order chi connectivity index (χ0) is 12.3. The molecule has 1 unspecified atom stereocenters. The number of aromatic nitrogens is 1. The molecular formula is C13H17N3S. The minimum Gasteiger partial charge on any atom is -0.271 e. The van der Waals surface area contributed by atoms with E-state index in [9.17, 15) is 0 Å². The van der Waals surface area contributed by atoms with Crippen LogP contribution in [0, 0.1) is 13.8 Å². The second-order valence-corrected chi connectivity index (χ2v) is 4.99. The molecule has 2 rings (SSSR count). The van der Waals surface area contributed by atoms with Crippen LogP contribution in [0.4, 0.5) is 0 Å². The molecule has 0 spiro atoms. The molecule has 1 aromatic carbocycles. The first-order valence-corrected chi connectivity index (χ1v) is 6.55. The first-order chi connectivity index (χ1) is 8.20. The molecule has 17 heavy (non-hydrogen) atoms. The van der Waals surface area contributed by atoms with Crippen molar-refractivity contribution in [1.82, 2.24) is 10.4 Å². The summed E-state index contributed by atoms with van der Waals surface area (Å²) in [5, 5.41) is 2.04. The maximum absolute atomic E-state index is 5.61. The number of nitrogens with two attached hydrogens (primary N) is 1. The molecule has 0 saturated carbocycles. The number of benzene rings is 1. The van der Waals surface area contributed by atoms with E-state index in [2.05, 4.69) is 42.5 Å². The molecule has 0 amide bonds. The van der Waals surface area contributed by atoms with Crippen molar-refractivity contribution in [3.05, 3.63) is 51.5 Å². The van der Waals surface area contributed by atoms with Gasteiger partial charge >= 0.3 is 0 Å². The predicted molar refractivity (Wildman–Crippen MR) is 71.8 cm³/mol. The maximum Gasteiger partial charge on any atom is 0.0795 e. The van der Waals surface area contributed by atoms with Crippen molar-refractivity contribution >= 4 is 11.3 Å². The topological polar surface area (TPSA) is 50.9 Å². The fourth-order valence-electron chi connectivity index (χ4n) is 1.88. The van der Waals surface area contributed by atoms with Gasteiger partial charge in [0.15, 0.2) is 0 Å². The van der Waals surface area contributed by atoms with Crippen LogP contribution in [-0.2, 0) is 6.42 Å². The van der Waals surface area contributed by atoms with Crippen LogP contribution < -0.4 is 11.3 Å². The fourth-order valence-corrected chi connectivity index (χ4v) is 2.49. The molecule has 0 aliphatic rings. The SMILES string of the molecule is Cc1ccc(C)c(CC(NN)c2cscn2)c1. The summed E-state index contributed by atoms with van der Waals surface area (Å²) in [6.07, 6.45) is 0.869. The molecule has 0 bridgehead atoms. The minimum absolute atomic E-state index is 0.0850. The lowest BCUT2D eigenvalue weighted by Crippen LogP contribution is -2.30. The zero-order valence-corrected chi connectivity index (χ0v) is 10.9. The molecule has 90 valence electrons. The Hall–Kier alpha value is -1.23. The van der Waals surface area contributed by atoms with Crippen LogP contribution >= 0.6 is 11.3 Å². The number of hydrogen-bond donors (Lipinski definition) is 2. The van der Waals surface area contributed by atoms with Gasteiger partial charge in [-0.05, 0) is 31.4 Å². The number of thiazole rings is 1. The molecule has 1 atom stereocenters. The van der Waals surface area contributed by atoms with Gasteiger partial charge < -0.3 is 0 Å². The maximum atomic E-state index is 5.61. The van der Waals surface area contributed by atoms with Crippen molar-refractivity contribution < 1.29 is 0 Å². The first kappa shape index (κ1) is 12.2. The molecule has 2 aromatic rings. The lowest BCUT2D eigenvalue weighted by Gasteiger charge is -2.15. The van der Waals surface area contributed by atoms with Crippen LogP contribution in [0.2, 0.25) is 0 Å². The summed E-state index contributed by atoms with van der Waals surface area (Å²) in [4.78, 5) is 4.31. The van der Waals surface area contributed by atoms with Gasteiger partial charge in [-0.1, -0.05) is 23.8 Å². The highest BCUT2D eigenvalue weighted by Gasteiger charge is 2.13. The van der Waals surface area contributed by atoms with Gasteiger partial charge in [0.2, 0.25) is 0 Å². The molecule has 1 heterocycles. The minimum atomic E-state index is 0.0850. The van der Waals surface area contributed by atoms with Crippen LogP contribution in [0.25, 0.3) is 0 Å². The van der Waals surface area contributed by atoms with Gasteiger partial charge in [-0.25, -0.2) is 4.98 Å². The van der Waals surface area contributed by atoms with E-state index in [1.54, 1.807) is 11.3 Å². The van der Waals surface area contributed by atoms with Crippen LogP contribution in [-0.4, -0.2) is 4.98 Å². The van der Waals surface area contributed by atoms with Gasteiger partial charge in [-0.15, -0.1) is 11.3 Å². The monoisotopic (exact) mass is 247 g/mol. The van der Waals surface area contributed by atoms with E-state index in [1.807, 2.05) is 10.9 Å². The normalized spacial score (nSPS) is 12.6. The largest absolute Gasteiger partial charge is 0.271 e. The molecule has 0 fully saturated rings. The van der Waals surface area contributed by atoms with Crippen molar-refractivity contribution in [3.63, 3.8) is 0 Å². The van der Waals surface area contributed by atoms with E-state index in [0.29, 0.717) is 0 Å². The van der Waals surface area contributed by atoms with E-state index in [-0.39, 0.29) is 6.04 Å². The van der Waals surface area contributed by atoms with Crippen molar-refractivity contribution in [2.24, 2.45) is 5.84 Å². The van der Waals surface area contributed by atoms with Gasteiger partial charge in [0, 0.05) is 5.38 Å². The molecule has 0 radical (unpaired) electrons. The van der Waals surface area contributed by atoms with Gasteiger partial charge in [0.05, 0.1) is 17.2 Å². The summed E-state index contributed by atoms with van der Waals surface area (Å²) in [5.74, 6) is 5.61.